The highest BCUT2D eigenvalue weighted by atomic mass is 16.6. The van der Waals surface area contributed by atoms with Gasteiger partial charge in [0.1, 0.15) is 5.69 Å². The van der Waals surface area contributed by atoms with Gasteiger partial charge in [0.15, 0.2) is 12.2 Å². The summed E-state index contributed by atoms with van der Waals surface area (Å²) in [6, 6.07) is 0. The molecule has 7 nitrogen and oxygen atoms in total. The van der Waals surface area contributed by atoms with Gasteiger partial charge in [-0.25, -0.2) is 9.36 Å². The van der Waals surface area contributed by atoms with E-state index in [1.54, 1.807) is 13.8 Å². The van der Waals surface area contributed by atoms with E-state index >= 15 is 0 Å². The Labute approximate surface area is 79.1 Å². The number of hydrogen-bond donors (Lipinski definition) is 1. The molecule has 1 aromatic heterocycles. The van der Waals surface area contributed by atoms with Crippen molar-refractivity contribution in [3.63, 3.8) is 0 Å². The Bertz CT molecular complexity index is 396. The lowest BCUT2D eigenvalue weighted by atomic mass is 10.4. The number of aliphatic carboxylic acids is 1. The number of hydrogen-bond acceptors (Lipinski definition) is 4. The van der Waals surface area contributed by atoms with Crippen molar-refractivity contribution in [1.29, 1.82) is 0 Å². The van der Waals surface area contributed by atoms with Crippen molar-refractivity contribution in [2.45, 2.75) is 20.4 Å². The second kappa shape index (κ2) is 3.44. The largest absolute Gasteiger partial charge is 0.479 e. The minimum absolute atomic E-state index is 0.428. The van der Waals surface area contributed by atoms with Crippen molar-refractivity contribution in [2.24, 2.45) is 0 Å². The molecule has 7 heteroatoms. The van der Waals surface area contributed by atoms with Gasteiger partial charge in [-0.1, -0.05) is 4.98 Å². The Morgan fingerprint density at radius 3 is 2.64 bits per heavy atom. The van der Waals surface area contributed by atoms with Crippen LogP contribution in [0.25, 0.3) is 0 Å². The van der Waals surface area contributed by atoms with Crippen molar-refractivity contribution >= 4 is 11.9 Å². The SMILES string of the molecule is Cc1nc([N+](=O)[O-])n(CC(=O)O)c1C. The van der Waals surface area contributed by atoms with Crippen LogP contribution < -0.4 is 0 Å². The smallest absolute Gasteiger partial charge is 0.435 e. The van der Waals surface area contributed by atoms with Gasteiger partial charge in [-0.05, 0) is 18.8 Å². The fourth-order valence-electron chi connectivity index (χ4n) is 1.10. The third kappa shape index (κ3) is 1.70. The van der Waals surface area contributed by atoms with Gasteiger partial charge in [-0.2, -0.15) is 0 Å². The van der Waals surface area contributed by atoms with E-state index in [1.165, 1.54) is 0 Å². The third-order valence-corrected chi connectivity index (χ3v) is 1.89. The zero-order chi connectivity index (χ0) is 10.9. The summed E-state index contributed by atoms with van der Waals surface area (Å²) < 4.78 is 1.07. The van der Waals surface area contributed by atoms with Gasteiger partial charge in [-0.15, -0.1) is 0 Å². The summed E-state index contributed by atoms with van der Waals surface area (Å²) in [6.07, 6.45) is 0. The molecule has 14 heavy (non-hydrogen) atoms. The first-order valence-electron chi connectivity index (χ1n) is 3.83. The van der Waals surface area contributed by atoms with Crippen LogP contribution in [0.5, 0.6) is 0 Å². The molecule has 76 valence electrons. The van der Waals surface area contributed by atoms with Crippen molar-refractivity contribution in [1.82, 2.24) is 9.55 Å². The lowest BCUT2D eigenvalue weighted by molar-refractivity contribution is -0.396. The summed E-state index contributed by atoms with van der Waals surface area (Å²) in [5.74, 6) is -1.56. The molecule has 0 bridgehead atoms. The van der Waals surface area contributed by atoms with Gasteiger partial charge in [0.05, 0.1) is 0 Å². The number of nitro groups is 1. The van der Waals surface area contributed by atoms with Crippen molar-refractivity contribution in [2.75, 3.05) is 0 Å². The summed E-state index contributed by atoms with van der Waals surface area (Å²) in [5.41, 5.74) is 0.969. The summed E-state index contributed by atoms with van der Waals surface area (Å²) in [6.45, 7) is 2.75. The van der Waals surface area contributed by atoms with E-state index in [0.29, 0.717) is 11.4 Å². The number of aryl methyl sites for hydroxylation is 1. The Morgan fingerprint density at radius 2 is 2.21 bits per heavy atom. The summed E-state index contributed by atoms with van der Waals surface area (Å²) in [4.78, 5) is 23.9. The van der Waals surface area contributed by atoms with Crippen LogP contribution in [0.2, 0.25) is 0 Å². The molecule has 0 aliphatic carbocycles. The topological polar surface area (TPSA) is 98.3 Å². The average molecular weight is 199 g/mol. The lowest BCUT2D eigenvalue weighted by Crippen LogP contribution is -2.12. The van der Waals surface area contributed by atoms with E-state index in [1.807, 2.05) is 0 Å². The number of carboxylic acid groups (broad SMARTS) is 1. The van der Waals surface area contributed by atoms with Crippen LogP contribution in [0, 0.1) is 24.0 Å². The Morgan fingerprint density at radius 1 is 1.64 bits per heavy atom. The molecular formula is C7H9N3O4. The van der Waals surface area contributed by atoms with Crippen molar-refractivity contribution < 1.29 is 14.8 Å². The molecule has 0 atom stereocenters. The standard InChI is InChI=1S/C7H9N3O4/c1-4-5(2)9(3-6(11)12)7(8-4)10(13)14/h3H2,1-2H3,(H,11,12). The Balaban J connectivity index is 3.23. The van der Waals surface area contributed by atoms with Crippen molar-refractivity contribution in [3.8, 4) is 0 Å². The van der Waals surface area contributed by atoms with Crippen LogP contribution in [0.1, 0.15) is 11.4 Å². The van der Waals surface area contributed by atoms with Crippen molar-refractivity contribution in [3.05, 3.63) is 21.5 Å². The van der Waals surface area contributed by atoms with E-state index in [-0.39, 0.29) is 0 Å². The van der Waals surface area contributed by atoms with E-state index in [9.17, 15) is 14.9 Å². The predicted molar refractivity (Wildman–Crippen MR) is 46.0 cm³/mol. The maximum Gasteiger partial charge on any atom is 0.435 e. The van der Waals surface area contributed by atoms with E-state index in [4.69, 9.17) is 5.11 Å². The molecule has 1 heterocycles. The van der Waals surface area contributed by atoms with Gasteiger partial charge in [0, 0.05) is 0 Å². The molecule has 0 saturated heterocycles. The van der Waals surface area contributed by atoms with Gasteiger partial charge in [0.2, 0.25) is 0 Å². The summed E-state index contributed by atoms with van der Waals surface area (Å²) >= 11 is 0. The Hall–Kier alpha value is -1.92. The third-order valence-electron chi connectivity index (χ3n) is 1.89. The van der Waals surface area contributed by atoms with E-state index < -0.39 is 23.4 Å². The van der Waals surface area contributed by atoms with Crippen LogP contribution in [0.3, 0.4) is 0 Å². The molecule has 0 spiro atoms. The molecule has 1 N–H and O–H groups in total. The number of carboxylic acids is 1. The molecule has 0 saturated carbocycles. The molecule has 0 unspecified atom stereocenters. The molecule has 0 aliphatic rings. The second-order valence-corrected chi connectivity index (χ2v) is 2.82. The first kappa shape index (κ1) is 10.2. The normalized spacial score (nSPS) is 10.1. The molecule has 0 fully saturated rings. The minimum Gasteiger partial charge on any atom is -0.479 e. The molecule has 1 aromatic rings. The molecule has 1 rings (SSSR count). The fraction of sp³-hybridized carbons (Fsp3) is 0.429. The van der Waals surface area contributed by atoms with Gasteiger partial charge < -0.3 is 15.2 Å². The molecular weight excluding hydrogens is 190 g/mol. The van der Waals surface area contributed by atoms with Gasteiger partial charge >= 0.3 is 11.9 Å². The van der Waals surface area contributed by atoms with Gasteiger partial charge in [0.25, 0.3) is 0 Å². The first-order chi connectivity index (χ1) is 6.43. The lowest BCUT2D eigenvalue weighted by Gasteiger charge is -1.99. The highest BCUT2D eigenvalue weighted by Crippen LogP contribution is 2.16. The number of aromatic nitrogens is 2. The minimum atomic E-state index is -1.13. The molecule has 0 radical (unpaired) electrons. The first-order valence-corrected chi connectivity index (χ1v) is 3.83. The number of carbonyl (C=O) groups is 1. The van der Waals surface area contributed by atoms with Crippen LogP contribution in [-0.2, 0) is 11.3 Å². The molecule has 0 aromatic carbocycles. The number of rotatable bonds is 3. The number of nitrogens with zero attached hydrogens (tertiary/aromatic N) is 3. The second-order valence-electron chi connectivity index (χ2n) is 2.82. The molecule has 0 aliphatic heterocycles. The maximum atomic E-state index is 10.5. The zero-order valence-electron chi connectivity index (χ0n) is 7.72. The van der Waals surface area contributed by atoms with Crippen LogP contribution >= 0.6 is 0 Å². The average Bonchev–Trinajstić information content (AvgIpc) is 2.32. The highest BCUT2D eigenvalue weighted by Gasteiger charge is 2.23. The fourth-order valence-corrected chi connectivity index (χ4v) is 1.10. The predicted octanol–water partition coefficient (Wildman–Crippen LogP) is 0.493. The number of imidazole rings is 1. The Kier molecular flexibility index (Phi) is 2.50. The summed E-state index contributed by atoms with van der Waals surface area (Å²) in [7, 11) is 0. The van der Waals surface area contributed by atoms with E-state index in [0.717, 1.165) is 4.57 Å². The summed E-state index contributed by atoms with van der Waals surface area (Å²) in [5, 5.41) is 19.0. The quantitative estimate of drug-likeness (QED) is 0.564. The monoisotopic (exact) mass is 199 g/mol. The highest BCUT2D eigenvalue weighted by molar-refractivity contribution is 5.67. The maximum absolute atomic E-state index is 10.5. The van der Waals surface area contributed by atoms with E-state index in [2.05, 4.69) is 4.98 Å². The van der Waals surface area contributed by atoms with Crippen LogP contribution in [0.15, 0.2) is 0 Å². The van der Waals surface area contributed by atoms with Crippen LogP contribution in [0.4, 0.5) is 5.95 Å². The van der Waals surface area contributed by atoms with Crippen LogP contribution in [-0.4, -0.2) is 25.6 Å². The van der Waals surface area contributed by atoms with Gasteiger partial charge in [-0.3, -0.25) is 0 Å². The molecule has 0 amide bonds. The zero-order valence-corrected chi connectivity index (χ0v) is 7.72.